The minimum atomic E-state index is -1.01. The van der Waals surface area contributed by atoms with E-state index in [4.69, 9.17) is 23.2 Å². The molecule has 0 aliphatic rings. The Balaban J connectivity index is 2.65. The quantitative estimate of drug-likeness (QED) is 0.611. The third-order valence-electron chi connectivity index (χ3n) is 4.79. The Bertz CT molecular complexity index is 1170. The van der Waals surface area contributed by atoms with Crippen molar-refractivity contribution in [3.8, 4) is 0 Å². The van der Waals surface area contributed by atoms with Gasteiger partial charge in [-0.25, -0.2) is 0 Å². The summed E-state index contributed by atoms with van der Waals surface area (Å²) in [6.45, 7) is 5.74. The van der Waals surface area contributed by atoms with Crippen LogP contribution in [0.3, 0.4) is 0 Å². The molecule has 0 bridgehead atoms. The Kier molecular flexibility index (Phi) is 5.11. The highest BCUT2D eigenvalue weighted by Crippen LogP contribution is 2.37. The molecule has 3 aromatic rings. The average Bonchev–Trinajstić information content (AvgIpc) is 2.56. The lowest BCUT2D eigenvalue weighted by molar-refractivity contribution is -0.137. The molecule has 1 aromatic heterocycles. The molecule has 148 valence electrons. The second-order valence-electron chi connectivity index (χ2n) is 8.09. The fourth-order valence-electron chi connectivity index (χ4n) is 3.54. The molecule has 0 spiro atoms. The molecule has 5 nitrogen and oxygen atoms in total. The lowest BCUT2D eigenvalue weighted by Gasteiger charge is -2.25. The molecule has 1 N–H and O–H groups in total. The summed E-state index contributed by atoms with van der Waals surface area (Å²) in [5.41, 5.74) is 2.00. The van der Waals surface area contributed by atoms with Crippen LogP contribution in [0, 0.1) is 0 Å². The lowest BCUT2D eigenvalue weighted by atomic mass is 9.86. The minimum absolute atomic E-state index is 0.200. The number of nitrogens with zero attached hydrogens (tertiary/aromatic N) is 2. The van der Waals surface area contributed by atoms with Crippen LogP contribution in [0.1, 0.15) is 26.3 Å². The zero-order valence-electron chi connectivity index (χ0n) is 16.4. The average molecular weight is 421 g/mol. The van der Waals surface area contributed by atoms with Crippen molar-refractivity contribution in [1.29, 1.82) is 0 Å². The number of fused-ring (bicyclic) bond motifs is 2. The van der Waals surface area contributed by atoms with E-state index < -0.39 is 5.97 Å². The lowest BCUT2D eigenvalue weighted by Crippen LogP contribution is -2.21. The number of hydrogen-bond donors (Lipinski definition) is 1. The summed E-state index contributed by atoms with van der Waals surface area (Å²) >= 11 is 12.9. The molecular formula is C21H22Cl2N2O3. The number of anilines is 1. The standard InChI is InChI=1S/C21H22Cl2N2O3/c1-21(2,3)13-9-16-12(8-15(13)23)20(28)11-6-7-14(22)19(24(4)5)18(11)25(16)10-17(26)27/h6-9H,10H2,1-5H3,(H,26,27). The zero-order chi connectivity index (χ0) is 21.0. The molecule has 2 aromatic carbocycles. The van der Waals surface area contributed by atoms with Gasteiger partial charge in [0.1, 0.15) is 6.54 Å². The van der Waals surface area contributed by atoms with E-state index in [2.05, 4.69) is 0 Å². The largest absolute Gasteiger partial charge is 0.480 e. The molecule has 0 aliphatic heterocycles. The van der Waals surface area contributed by atoms with Crippen molar-refractivity contribution in [3.05, 3.63) is 50.1 Å². The molecule has 0 atom stereocenters. The molecule has 0 fully saturated rings. The Hall–Kier alpha value is -2.24. The molecule has 0 aliphatic carbocycles. The highest BCUT2D eigenvalue weighted by molar-refractivity contribution is 6.35. The Morgan fingerprint density at radius 2 is 1.75 bits per heavy atom. The third-order valence-corrected chi connectivity index (χ3v) is 5.40. The second-order valence-corrected chi connectivity index (χ2v) is 8.91. The highest BCUT2D eigenvalue weighted by atomic mass is 35.5. The van der Waals surface area contributed by atoms with Gasteiger partial charge in [-0.1, -0.05) is 44.0 Å². The van der Waals surface area contributed by atoms with Gasteiger partial charge in [0.05, 0.1) is 21.7 Å². The van der Waals surface area contributed by atoms with Crippen LogP contribution in [-0.2, 0) is 16.8 Å². The van der Waals surface area contributed by atoms with Crippen LogP contribution in [0.2, 0.25) is 10.0 Å². The molecular weight excluding hydrogens is 399 g/mol. The Morgan fingerprint density at radius 3 is 2.29 bits per heavy atom. The number of aromatic nitrogens is 1. The van der Waals surface area contributed by atoms with E-state index in [1.165, 1.54) is 0 Å². The number of pyridine rings is 1. The molecule has 0 saturated heterocycles. The molecule has 0 amide bonds. The summed E-state index contributed by atoms with van der Waals surface area (Å²) in [6, 6.07) is 6.75. The summed E-state index contributed by atoms with van der Waals surface area (Å²) in [4.78, 5) is 26.7. The number of carboxylic acid groups (broad SMARTS) is 1. The van der Waals surface area contributed by atoms with Crippen molar-refractivity contribution in [3.63, 3.8) is 0 Å². The maximum atomic E-state index is 13.2. The van der Waals surface area contributed by atoms with Gasteiger partial charge in [0.2, 0.25) is 0 Å². The summed E-state index contributed by atoms with van der Waals surface area (Å²) in [5.74, 6) is -1.01. The Labute approximate surface area is 173 Å². The Morgan fingerprint density at radius 1 is 1.11 bits per heavy atom. The van der Waals surface area contributed by atoms with E-state index in [9.17, 15) is 14.7 Å². The first-order valence-electron chi connectivity index (χ1n) is 8.81. The summed E-state index contributed by atoms with van der Waals surface area (Å²) in [6.07, 6.45) is 0. The van der Waals surface area contributed by atoms with Crippen LogP contribution in [-0.4, -0.2) is 29.7 Å². The number of carboxylic acids is 1. The van der Waals surface area contributed by atoms with Crippen LogP contribution >= 0.6 is 23.2 Å². The van der Waals surface area contributed by atoms with Crippen molar-refractivity contribution in [2.75, 3.05) is 19.0 Å². The van der Waals surface area contributed by atoms with Crippen LogP contribution in [0.25, 0.3) is 21.8 Å². The summed E-state index contributed by atoms with van der Waals surface area (Å²) in [7, 11) is 3.62. The van der Waals surface area contributed by atoms with Gasteiger partial charge in [-0.05, 0) is 35.2 Å². The van der Waals surface area contributed by atoms with Crippen LogP contribution in [0.4, 0.5) is 5.69 Å². The van der Waals surface area contributed by atoms with Gasteiger partial charge in [0.25, 0.3) is 0 Å². The van der Waals surface area contributed by atoms with Crippen molar-refractivity contribution in [2.24, 2.45) is 0 Å². The summed E-state index contributed by atoms with van der Waals surface area (Å²) < 4.78 is 1.64. The van der Waals surface area contributed by atoms with Crippen LogP contribution < -0.4 is 10.3 Å². The van der Waals surface area contributed by atoms with Crippen molar-refractivity contribution < 1.29 is 9.90 Å². The van der Waals surface area contributed by atoms with Gasteiger partial charge in [-0.2, -0.15) is 0 Å². The highest BCUT2D eigenvalue weighted by Gasteiger charge is 2.23. The topological polar surface area (TPSA) is 62.5 Å². The number of rotatable bonds is 3. The van der Waals surface area contributed by atoms with Gasteiger partial charge in [-0.3, -0.25) is 9.59 Å². The van der Waals surface area contributed by atoms with Gasteiger partial charge in [0, 0.05) is 29.9 Å². The maximum absolute atomic E-state index is 13.2. The summed E-state index contributed by atoms with van der Waals surface area (Å²) in [5, 5.41) is 11.3. The van der Waals surface area contributed by atoms with Crippen LogP contribution in [0.5, 0.6) is 0 Å². The molecule has 1 heterocycles. The predicted molar refractivity (Wildman–Crippen MR) is 116 cm³/mol. The van der Waals surface area contributed by atoms with E-state index in [1.54, 1.807) is 27.7 Å². The number of hydrogen-bond acceptors (Lipinski definition) is 3. The van der Waals surface area contributed by atoms with Crippen molar-refractivity contribution >= 4 is 56.7 Å². The van der Waals surface area contributed by atoms with E-state index in [0.29, 0.717) is 37.5 Å². The van der Waals surface area contributed by atoms with Crippen LogP contribution in [0.15, 0.2) is 29.1 Å². The molecule has 28 heavy (non-hydrogen) atoms. The van der Waals surface area contributed by atoms with Crippen molar-refractivity contribution in [2.45, 2.75) is 32.7 Å². The smallest absolute Gasteiger partial charge is 0.323 e. The minimum Gasteiger partial charge on any atom is -0.480 e. The monoisotopic (exact) mass is 420 g/mol. The first kappa shape index (κ1) is 20.5. The van der Waals surface area contributed by atoms with Gasteiger partial charge in [-0.15, -0.1) is 0 Å². The third kappa shape index (κ3) is 3.33. The molecule has 0 unspecified atom stereocenters. The van der Waals surface area contributed by atoms with E-state index >= 15 is 0 Å². The SMILES string of the molecule is CN(C)c1c(Cl)ccc2c(=O)c3cc(Cl)c(C(C)(C)C)cc3n(CC(=O)O)c12. The molecule has 0 saturated carbocycles. The first-order chi connectivity index (χ1) is 12.9. The zero-order valence-corrected chi connectivity index (χ0v) is 17.9. The fraction of sp³-hybridized carbons (Fsp3) is 0.333. The second kappa shape index (κ2) is 6.98. The van der Waals surface area contributed by atoms with E-state index in [-0.39, 0.29) is 17.4 Å². The van der Waals surface area contributed by atoms with Gasteiger partial charge in [0.15, 0.2) is 5.43 Å². The molecule has 7 heteroatoms. The van der Waals surface area contributed by atoms with Gasteiger partial charge < -0.3 is 14.6 Å². The predicted octanol–water partition coefficient (Wildman–Crippen LogP) is 4.91. The number of aliphatic carboxylic acids is 1. The molecule has 0 radical (unpaired) electrons. The fourth-order valence-corrected chi connectivity index (χ4v) is 4.31. The number of halogens is 2. The van der Waals surface area contributed by atoms with Gasteiger partial charge >= 0.3 is 5.97 Å². The first-order valence-corrected chi connectivity index (χ1v) is 9.57. The van der Waals surface area contributed by atoms with Crippen molar-refractivity contribution in [1.82, 2.24) is 4.57 Å². The maximum Gasteiger partial charge on any atom is 0.323 e. The van der Waals surface area contributed by atoms with E-state index in [0.717, 1.165) is 5.56 Å². The van der Waals surface area contributed by atoms with E-state index in [1.807, 2.05) is 40.9 Å². The number of carbonyl (C=O) groups is 1. The number of benzene rings is 2. The molecule has 3 rings (SSSR count). The normalized spacial score (nSPS) is 12.0.